The molecule has 3 heterocycles. The maximum absolute atomic E-state index is 11.0. The van der Waals surface area contributed by atoms with E-state index in [1.165, 1.54) is 17.3 Å². The van der Waals surface area contributed by atoms with Crippen LogP contribution in [-0.2, 0) is 12.8 Å². The predicted octanol–water partition coefficient (Wildman–Crippen LogP) is 3.49. The smallest absolute Gasteiger partial charge is 0.258 e. The summed E-state index contributed by atoms with van der Waals surface area (Å²) in [6.07, 6.45) is 3.83. The third-order valence-corrected chi connectivity index (χ3v) is 4.55. The lowest BCUT2D eigenvalue weighted by Gasteiger charge is -2.04. The standard InChI is InChI=1S/C18H16N4O2/c1-3-11-9-17-18-13(7-8-21(17)20-15(11)4-2)14-10-12(22(23)24)5-6-16(14)19-18/h5-10H,3-4H2,1-2H3/p+1. The fourth-order valence-corrected chi connectivity index (χ4v) is 3.29. The van der Waals surface area contributed by atoms with Crippen LogP contribution >= 0.6 is 0 Å². The average molecular weight is 321 g/mol. The Morgan fingerprint density at radius 3 is 2.71 bits per heavy atom. The van der Waals surface area contributed by atoms with Gasteiger partial charge in [-0.05, 0) is 24.5 Å². The summed E-state index contributed by atoms with van der Waals surface area (Å²) in [6.45, 7) is 4.27. The molecule has 0 unspecified atom stereocenters. The summed E-state index contributed by atoms with van der Waals surface area (Å²) in [5.41, 5.74) is 5.19. The van der Waals surface area contributed by atoms with E-state index in [-0.39, 0.29) is 10.6 Å². The molecule has 0 aliphatic carbocycles. The maximum atomic E-state index is 11.0. The maximum Gasteiger partial charge on any atom is 0.270 e. The number of rotatable bonds is 3. The number of non-ortho nitro benzene ring substituents is 1. The van der Waals surface area contributed by atoms with Crippen LogP contribution in [0.1, 0.15) is 25.1 Å². The van der Waals surface area contributed by atoms with Crippen molar-refractivity contribution < 1.29 is 9.44 Å². The van der Waals surface area contributed by atoms with Crippen LogP contribution in [0, 0.1) is 10.1 Å². The third kappa shape index (κ3) is 2.03. The van der Waals surface area contributed by atoms with Gasteiger partial charge in [0.05, 0.1) is 16.1 Å². The molecular weight excluding hydrogens is 304 g/mol. The molecule has 0 aliphatic rings. The average Bonchev–Trinajstić information content (AvgIpc) is 2.98. The molecule has 0 spiro atoms. The van der Waals surface area contributed by atoms with E-state index in [2.05, 4.69) is 25.0 Å². The number of hydrogen-bond acceptors (Lipinski definition) is 3. The lowest BCUT2D eigenvalue weighted by atomic mass is 10.1. The highest BCUT2D eigenvalue weighted by molar-refractivity contribution is 6.11. The zero-order valence-corrected chi connectivity index (χ0v) is 13.5. The molecule has 0 bridgehead atoms. The number of nitrogens with one attached hydrogen (secondary N) is 1. The second-order valence-corrected chi connectivity index (χ2v) is 5.87. The van der Waals surface area contributed by atoms with Crippen LogP contribution in [0.3, 0.4) is 0 Å². The summed E-state index contributed by atoms with van der Waals surface area (Å²) in [5.74, 6) is 0. The zero-order valence-electron chi connectivity index (χ0n) is 13.5. The van der Waals surface area contributed by atoms with Crippen molar-refractivity contribution in [3.05, 3.63) is 57.9 Å². The number of aromatic nitrogens is 3. The number of benzene rings is 1. The van der Waals surface area contributed by atoms with Crippen LogP contribution in [0.2, 0.25) is 0 Å². The summed E-state index contributed by atoms with van der Waals surface area (Å²) >= 11 is 0. The molecule has 0 radical (unpaired) electrons. The number of aromatic amines is 1. The van der Waals surface area contributed by atoms with E-state index in [0.717, 1.165) is 40.2 Å². The highest BCUT2D eigenvalue weighted by Gasteiger charge is 2.18. The first kappa shape index (κ1) is 14.6. The molecule has 24 heavy (non-hydrogen) atoms. The van der Waals surface area contributed by atoms with E-state index in [0.29, 0.717) is 0 Å². The van der Waals surface area contributed by atoms with Gasteiger partial charge in [0, 0.05) is 35.0 Å². The topological polar surface area (TPSA) is 75.9 Å². The van der Waals surface area contributed by atoms with Gasteiger partial charge in [0.15, 0.2) is 0 Å². The first-order valence-corrected chi connectivity index (χ1v) is 8.05. The van der Waals surface area contributed by atoms with Gasteiger partial charge in [0.2, 0.25) is 6.20 Å². The predicted molar refractivity (Wildman–Crippen MR) is 92.2 cm³/mol. The van der Waals surface area contributed by atoms with E-state index in [1.807, 2.05) is 16.8 Å². The molecule has 6 heteroatoms. The summed E-state index contributed by atoms with van der Waals surface area (Å²) in [5, 5.41) is 16.2. The summed E-state index contributed by atoms with van der Waals surface area (Å²) in [6, 6.07) is 8.95. The van der Waals surface area contributed by atoms with Gasteiger partial charge < -0.3 is 0 Å². The van der Waals surface area contributed by atoms with E-state index in [9.17, 15) is 10.1 Å². The minimum atomic E-state index is -0.370. The Labute approximate surface area is 137 Å². The highest BCUT2D eigenvalue weighted by atomic mass is 16.6. The van der Waals surface area contributed by atoms with Gasteiger partial charge in [-0.25, -0.2) is 4.98 Å². The monoisotopic (exact) mass is 321 g/mol. The number of pyridine rings is 1. The summed E-state index contributed by atoms with van der Waals surface area (Å²) in [7, 11) is 0. The van der Waals surface area contributed by atoms with Crippen LogP contribution < -0.4 is 4.52 Å². The molecule has 6 nitrogen and oxygen atoms in total. The van der Waals surface area contributed by atoms with Crippen molar-refractivity contribution in [2.75, 3.05) is 0 Å². The molecule has 1 aromatic carbocycles. The minimum absolute atomic E-state index is 0.0895. The molecule has 1 N–H and O–H groups in total. The van der Waals surface area contributed by atoms with Gasteiger partial charge >= 0.3 is 0 Å². The van der Waals surface area contributed by atoms with Crippen molar-refractivity contribution in [3.8, 4) is 0 Å². The van der Waals surface area contributed by atoms with E-state index >= 15 is 0 Å². The molecule has 0 fully saturated rings. The second-order valence-electron chi connectivity index (χ2n) is 5.87. The molecule has 0 saturated carbocycles. The number of nitro groups is 1. The Hall–Kier alpha value is -3.02. The van der Waals surface area contributed by atoms with Crippen LogP contribution in [0.15, 0.2) is 36.5 Å². The van der Waals surface area contributed by atoms with Gasteiger partial charge in [0.1, 0.15) is 5.52 Å². The van der Waals surface area contributed by atoms with Crippen molar-refractivity contribution in [1.29, 1.82) is 0 Å². The number of nitro benzene ring substituents is 1. The number of aryl methyl sites for hydroxylation is 2. The lowest BCUT2D eigenvalue weighted by Crippen LogP contribution is -2.28. The molecule has 3 aromatic heterocycles. The second kappa shape index (κ2) is 5.26. The molecule has 4 rings (SSSR count). The van der Waals surface area contributed by atoms with Gasteiger partial charge in [-0.15, -0.1) is 0 Å². The van der Waals surface area contributed by atoms with Crippen molar-refractivity contribution >= 4 is 33.0 Å². The largest absolute Gasteiger partial charge is 0.270 e. The van der Waals surface area contributed by atoms with Gasteiger partial charge in [-0.1, -0.05) is 18.4 Å². The van der Waals surface area contributed by atoms with Crippen molar-refractivity contribution in [2.24, 2.45) is 0 Å². The fraction of sp³-hybridized carbons (Fsp3) is 0.222. The molecular formula is C18H17N4O2+. The minimum Gasteiger partial charge on any atom is -0.258 e. The van der Waals surface area contributed by atoms with Gasteiger partial charge in [-0.3, -0.25) is 10.1 Å². The molecule has 0 saturated heterocycles. The van der Waals surface area contributed by atoms with Crippen LogP contribution in [0.5, 0.6) is 0 Å². The molecule has 120 valence electrons. The molecule has 4 aromatic rings. The normalized spacial score (nSPS) is 11.6. The van der Waals surface area contributed by atoms with E-state index in [1.54, 1.807) is 12.1 Å². The quantitative estimate of drug-likeness (QED) is 0.356. The van der Waals surface area contributed by atoms with Crippen molar-refractivity contribution in [1.82, 2.24) is 10.1 Å². The van der Waals surface area contributed by atoms with Crippen LogP contribution in [0.25, 0.3) is 27.3 Å². The Bertz CT molecular complexity index is 1110. The van der Waals surface area contributed by atoms with E-state index in [4.69, 9.17) is 4.98 Å². The molecule has 0 atom stereocenters. The Kier molecular flexibility index (Phi) is 3.19. The Morgan fingerprint density at radius 1 is 1.17 bits per heavy atom. The first-order chi connectivity index (χ1) is 11.6. The molecule has 0 aliphatic heterocycles. The van der Waals surface area contributed by atoms with E-state index < -0.39 is 0 Å². The lowest BCUT2D eigenvalue weighted by molar-refractivity contribution is -0.580. The number of nitrogens with zero attached hydrogens (tertiary/aromatic N) is 3. The number of fused-ring (bicyclic) bond motifs is 5. The Balaban J connectivity index is 2.10. The third-order valence-electron chi connectivity index (χ3n) is 4.55. The fourth-order valence-electron chi connectivity index (χ4n) is 3.29. The van der Waals surface area contributed by atoms with Crippen molar-refractivity contribution in [2.45, 2.75) is 26.7 Å². The Morgan fingerprint density at radius 2 is 2.00 bits per heavy atom. The van der Waals surface area contributed by atoms with Crippen LogP contribution in [0.4, 0.5) is 5.69 Å². The van der Waals surface area contributed by atoms with Crippen LogP contribution in [-0.4, -0.2) is 15.0 Å². The zero-order chi connectivity index (χ0) is 16.8. The summed E-state index contributed by atoms with van der Waals surface area (Å²) in [4.78, 5) is 15.4. The SMILES string of the molecule is CCc1cc2c3nc4ccc([N+](=O)[O-])cc4c3cc[n+]2[nH]c1CC. The molecule has 0 amide bonds. The number of H-pyrrole nitrogens is 1. The summed E-state index contributed by atoms with van der Waals surface area (Å²) < 4.78 is 1.97. The number of hydrogen-bond donors (Lipinski definition) is 1. The van der Waals surface area contributed by atoms with Crippen molar-refractivity contribution in [3.63, 3.8) is 0 Å². The first-order valence-electron chi connectivity index (χ1n) is 8.05. The highest BCUT2D eigenvalue weighted by Crippen LogP contribution is 2.29. The van der Waals surface area contributed by atoms with Gasteiger partial charge in [-0.2, -0.15) is 5.10 Å². The van der Waals surface area contributed by atoms with Gasteiger partial charge in [0.25, 0.3) is 11.2 Å².